The lowest BCUT2D eigenvalue weighted by atomic mass is 9.83. The van der Waals surface area contributed by atoms with Crippen LogP contribution in [0.4, 0.5) is 0 Å². The van der Waals surface area contributed by atoms with Crippen LogP contribution in [0.2, 0.25) is 0 Å². The SMILES string of the molecule is CCCC1CCC(NC(CC)CC#N)CC1. The summed E-state index contributed by atoms with van der Waals surface area (Å²) in [6.45, 7) is 4.45. The maximum absolute atomic E-state index is 8.72. The number of nitrogens with one attached hydrogen (secondary N) is 1. The number of nitrogens with zero attached hydrogens (tertiary/aromatic N) is 1. The Morgan fingerprint density at radius 3 is 2.44 bits per heavy atom. The minimum Gasteiger partial charge on any atom is -0.310 e. The van der Waals surface area contributed by atoms with Crippen molar-refractivity contribution in [1.29, 1.82) is 5.26 Å². The van der Waals surface area contributed by atoms with Gasteiger partial charge < -0.3 is 5.32 Å². The van der Waals surface area contributed by atoms with Gasteiger partial charge in [0.15, 0.2) is 0 Å². The molecule has 0 aliphatic heterocycles. The zero-order valence-corrected chi connectivity index (χ0v) is 10.8. The average molecular weight is 222 g/mol. The summed E-state index contributed by atoms with van der Waals surface area (Å²) in [7, 11) is 0. The first-order chi connectivity index (χ1) is 7.80. The van der Waals surface area contributed by atoms with E-state index in [1.165, 1.54) is 38.5 Å². The van der Waals surface area contributed by atoms with Gasteiger partial charge in [-0.2, -0.15) is 5.26 Å². The lowest BCUT2D eigenvalue weighted by Gasteiger charge is -2.31. The molecule has 0 amide bonds. The molecule has 0 aromatic heterocycles. The normalized spacial score (nSPS) is 27.3. The van der Waals surface area contributed by atoms with E-state index < -0.39 is 0 Å². The van der Waals surface area contributed by atoms with E-state index >= 15 is 0 Å². The van der Waals surface area contributed by atoms with Crippen molar-refractivity contribution >= 4 is 0 Å². The zero-order valence-electron chi connectivity index (χ0n) is 10.8. The third kappa shape index (κ3) is 4.53. The van der Waals surface area contributed by atoms with Crippen molar-refractivity contribution in [2.45, 2.75) is 77.3 Å². The largest absolute Gasteiger partial charge is 0.310 e. The van der Waals surface area contributed by atoms with E-state index in [0.29, 0.717) is 18.5 Å². The predicted molar refractivity (Wildman–Crippen MR) is 68.1 cm³/mol. The van der Waals surface area contributed by atoms with Crippen LogP contribution in [-0.4, -0.2) is 12.1 Å². The average Bonchev–Trinajstić information content (AvgIpc) is 2.31. The van der Waals surface area contributed by atoms with Gasteiger partial charge >= 0.3 is 0 Å². The van der Waals surface area contributed by atoms with E-state index in [1.54, 1.807) is 0 Å². The molecule has 92 valence electrons. The van der Waals surface area contributed by atoms with Gasteiger partial charge in [-0.1, -0.05) is 26.7 Å². The van der Waals surface area contributed by atoms with E-state index in [1.807, 2.05) is 0 Å². The molecule has 0 radical (unpaired) electrons. The summed E-state index contributed by atoms with van der Waals surface area (Å²) in [5.41, 5.74) is 0. The monoisotopic (exact) mass is 222 g/mol. The Morgan fingerprint density at radius 1 is 1.25 bits per heavy atom. The van der Waals surface area contributed by atoms with E-state index in [-0.39, 0.29) is 0 Å². The highest BCUT2D eigenvalue weighted by Crippen LogP contribution is 2.28. The van der Waals surface area contributed by atoms with Crippen LogP contribution in [0.1, 0.15) is 65.2 Å². The summed E-state index contributed by atoms with van der Waals surface area (Å²) in [6, 6.07) is 3.36. The minimum absolute atomic E-state index is 0.415. The molecule has 0 aromatic rings. The lowest BCUT2D eigenvalue weighted by Crippen LogP contribution is -2.40. The van der Waals surface area contributed by atoms with Crippen molar-refractivity contribution < 1.29 is 0 Å². The molecule has 1 aliphatic carbocycles. The van der Waals surface area contributed by atoms with Crippen LogP contribution in [-0.2, 0) is 0 Å². The summed E-state index contributed by atoms with van der Waals surface area (Å²) in [5, 5.41) is 12.4. The van der Waals surface area contributed by atoms with Gasteiger partial charge in [-0.25, -0.2) is 0 Å². The Balaban J connectivity index is 2.23. The molecule has 0 heterocycles. The fraction of sp³-hybridized carbons (Fsp3) is 0.929. The van der Waals surface area contributed by atoms with Crippen molar-refractivity contribution in [2.24, 2.45) is 5.92 Å². The molecule has 1 saturated carbocycles. The zero-order chi connectivity index (χ0) is 11.8. The summed E-state index contributed by atoms with van der Waals surface area (Å²) in [5.74, 6) is 0.971. The maximum atomic E-state index is 8.72. The van der Waals surface area contributed by atoms with Gasteiger partial charge in [-0.3, -0.25) is 0 Å². The van der Waals surface area contributed by atoms with Crippen molar-refractivity contribution in [1.82, 2.24) is 5.32 Å². The molecule has 1 atom stereocenters. The van der Waals surface area contributed by atoms with Crippen LogP contribution in [0.25, 0.3) is 0 Å². The summed E-state index contributed by atoms with van der Waals surface area (Å²) in [6.07, 6.45) is 9.85. The first-order valence-corrected chi connectivity index (χ1v) is 6.93. The van der Waals surface area contributed by atoms with E-state index in [4.69, 9.17) is 5.26 Å². The second-order valence-electron chi connectivity index (χ2n) is 5.14. The molecule has 0 saturated heterocycles. The van der Waals surface area contributed by atoms with E-state index in [9.17, 15) is 0 Å². The van der Waals surface area contributed by atoms with Gasteiger partial charge in [-0.05, 0) is 38.0 Å². The van der Waals surface area contributed by atoms with Gasteiger partial charge in [0.1, 0.15) is 0 Å². The van der Waals surface area contributed by atoms with E-state index in [0.717, 1.165) is 12.3 Å². The Kier molecular flexibility index (Phi) is 6.49. The molecule has 0 aromatic carbocycles. The first kappa shape index (κ1) is 13.5. The second-order valence-corrected chi connectivity index (χ2v) is 5.14. The van der Waals surface area contributed by atoms with E-state index in [2.05, 4.69) is 25.2 Å². The fourth-order valence-electron chi connectivity index (χ4n) is 2.79. The van der Waals surface area contributed by atoms with Gasteiger partial charge in [-0.15, -0.1) is 0 Å². The molecule has 1 aliphatic rings. The minimum atomic E-state index is 0.415. The number of rotatable bonds is 6. The fourth-order valence-corrected chi connectivity index (χ4v) is 2.79. The molecule has 1 rings (SSSR count). The highest BCUT2D eigenvalue weighted by atomic mass is 14.9. The highest BCUT2D eigenvalue weighted by molar-refractivity contribution is 4.85. The maximum Gasteiger partial charge on any atom is 0.0638 e. The molecular formula is C14H26N2. The molecule has 1 unspecified atom stereocenters. The standard InChI is InChI=1S/C14H26N2/c1-3-5-12-6-8-14(9-7-12)16-13(4-2)10-11-15/h12-14,16H,3-10H2,1-2H3. The predicted octanol–water partition coefficient (Wildman–Crippen LogP) is 3.63. The topological polar surface area (TPSA) is 35.8 Å². The van der Waals surface area contributed by atoms with Crippen molar-refractivity contribution in [3.8, 4) is 6.07 Å². The quantitative estimate of drug-likeness (QED) is 0.745. The molecule has 0 bridgehead atoms. The van der Waals surface area contributed by atoms with Crippen LogP contribution in [0.3, 0.4) is 0 Å². The lowest BCUT2D eigenvalue weighted by molar-refractivity contribution is 0.261. The Bertz CT molecular complexity index is 211. The third-order valence-corrected chi connectivity index (χ3v) is 3.85. The Labute approximate surface area is 100 Å². The molecule has 1 N–H and O–H groups in total. The highest BCUT2D eigenvalue weighted by Gasteiger charge is 2.21. The molecule has 0 spiro atoms. The number of hydrogen-bond donors (Lipinski definition) is 1. The molecule has 2 heteroatoms. The van der Waals surface area contributed by atoms with Gasteiger partial charge in [0.2, 0.25) is 0 Å². The molecule has 16 heavy (non-hydrogen) atoms. The summed E-state index contributed by atoms with van der Waals surface area (Å²) in [4.78, 5) is 0. The van der Waals surface area contributed by atoms with Crippen LogP contribution >= 0.6 is 0 Å². The van der Waals surface area contributed by atoms with Crippen LogP contribution < -0.4 is 5.32 Å². The third-order valence-electron chi connectivity index (χ3n) is 3.85. The number of hydrogen-bond acceptors (Lipinski definition) is 2. The molecule has 2 nitrogen and oxygen atoms in total. The van der Waals surface area contributed by atoms with Crippen LogP contribution in [0.5, 0.6) is 0 Å². The first-order valence-electron chi connectivity index (χ1n) is 6.93. The van der Waals surface area contributed by atoms with Gasteiger partial charge in [0.25, 0.3) is 0 Å². The van der Waals surface area contributed by atoms with Gasteiger partial charge in [0.05, 0.1) is 12.5 Å². The van der Waals surface area contributed by atoms with Crippen LogP contribution in [0, 0.1) is 17.2 Å². The second kappa shape index (κ2) is 7.68. The van der Waals surface area contributed by atoms with Crippen LogP contribution in [0.15, 0.2) is 0 Å². The Hall–Kier alpha value is -0.550. The smallest absolute Gasteiger partial charge is 0.0638 e. The summed E-state index contributed by atoms with van der Waals surface area (Å²) < 4.78 is 0. The summed E-state index contributed by atoms with van der Waals surface area (Å²) >= 11 is 0. The molecular weight excluding hydrogens is 196 g/mol. The Morgan fingerprint density at radius 2 is 1.94 bits per heavy atom. The van der Waals surface area contributed by atoms with Crippen molar-refractivity contribution in [3.05, 3.63) is 0 Å². The molecule has 1 fully saturated rings. The van der Waals surface area contributed by atoms with Crippen molar-refractivity contribution in [3.63, 3.8) is 0 Å². The van der Waals surface area contributed by atoms with Gasteiger partial charge in [0, 0.05) is 12.1 Å². The number of nitriles is 1. The van der Waals surface area contributed by atoms with Crippen molar-refractivity contribution in [2.75, 3.05) is 0 Å².